The first-order valence-corrected chi connectivity index (χ1v) is 8.02. The molecule has 0 unspecified atom stereocenters. The fraction of sp³-hybridized carbons (Fsp3) is 0.200. The van der Waals surface area contributed by atoms with Gasteiger partial charge in [-0.05, 0) is 61.9 Å². The van der Waals surface area contributed by atoms with Crippen molar-refractivity contribution in [3.05, 3.63) is 65.7 Å². The molecule has 2 rings (SSSR count). The van der Waals surface area contributed by atoms with Crippen LogP contribution in [0.1, 0.15) is 29.8 Å². The van der Waals surface area contributed by atoms with Crippen LogP contribution in [0.3, 0.4) is 0 Å². The molecule has 0 radical (unpaired) electrons. The normalized spacial score (nSPS) is 10.7. The molecule has 5 nitrogen and oxygen atoms in total. The molecule has 0 heterocycles. The summed E-state index contributed by atoms with van der Waals surface area (Å²) in [4.78, 5) is 23.8. The average molecular weight is 338 g/mol. The first kappa shape index (κ1) is 18.3. The van der Waals surface area contributed by atoms with Crippen molar-refractivity contribution in [3.63, 3.8) is 0 Å². The standard InChI is InChI=1S/C20H22N2O3/c1-14(2)21-20(24)22-17-9-7-16(8-10-17)19(23)13-6-15-4-11-18(25-3)12-5-15/h4-14H,1-3H3,(H2,21,22,24). The van der Waals surface area contributed by atoms with Crippen LogP contribution in [0, 0.1) is 0 Å². The quantitative estimate of drug-likeness (QED) is 0.615. The molecule has 0 bridgehead atoms. The van der Waals surface area contributed by atoms with E-state index in [1.807, 2.05) is 38.1 Å². The van der Waals surface area contributed by atoms with Crippen LogP contribution in [-0.2, 0) is 0 Å². The Balaban J connectivity index is 1.97. The number of hydrogen-bond donors (Lipinski definition) is 2. The molecule has 2 aromatic rings. The minimum Gasteiger partial charge on any atom is -0.497 e. The van der Waals surface area contributed by atoms with E-state index in [1.54, 1.807) is 37.5 Å². The van der Waals surface area contributed by atoms with Crippen molar-refractivity contribution in [1.29, 1.82) is 0 Å². The largest absolute Gasteiger partial charge is 0.497 e. The maximum absolute atomic E-state index is 12.2. The zero-order valence-corrected chi connectivity index (χ0v) is 14.6. The predicted molar refractivity (Wildman–Crippen MR) is 100 cm³/mol. The van der Waals surface area contributed by atoms with Crippen LogP contribution in [0.25, 0.3) is 6.08 Å². The van der Waals surface area contributed by atoms with Crippen molar-refractivity contribution >= 4 is 23.6 Å². The Hall–Kier alpha value is -3.08. The summed E-state index contributed by atoms with van der Waals surface area (Å²) < 4.78 is 5.10. The monoisotopic (exact) mass is 338 g/mol. The van der Waals surface area contributed by atoms with Crippen molar-refractivity contribution in [1.82, 2.24) is 5.32 Å². The molecule has 0 saturated carbocycles. The highest BCUT2D eigenvalue weighted by Gasteiger charge is 2.05. The van der Waals surface area contributed by atoms with Crippen LogP contribution in [-0.4, -0.2) is 25.0 Å². The number of urea groups is 1. The van der Waals surface area contributed by atoms with Crippen molar-refractivity contribution in [2.24, 2.45) is 0 Å². The Kier molecular flexibility index (Phi) is 6.34. The van der Waals surface area contributed by atoms with Gasteiger partial charge in [0.15, 0.2) is 5.78 Å². The van der Waals surface area contributed by atoms with E-state index < -0.39 is 0 Å². The third kappa shape index (κ3) is 5.80. The molecule has 0 spiro atoms. The number of anilines is 1. The zero-order valence-electron chi connectivity index (χ0n) is 14.6. The minimum absolute atomic E-state index is 0.0592. The van der Waals surface area contributed by atoms with Gasteiger partial charge in [0.1, 0.15) is 5.75 Å². The van der Waals surface area contributed by atoms with E-state index >= 15 is 0 Å². The van der Waals surface area contributed by atoms with Gasteiger partial charge in [0.2, 0.25) is 0 Å². The topological polar surface area (TPSA) is 67.4 Å². The second kappa shape index (κ2) is 8.68. The summed E-state index contributed by atoms with van der Waals surface area (Å²) >= 11 is 0. The highest BCUT2D eigenvalue weighted by Crippen LogP contribution is 2.14. The van der Waals surface area contributed by atoms with E-state index in [4.69, 9.17) is 4.74 Å². The fourth-order valence-electron chi connectivity index (χ4n) is 2.13. The molecule has 2 N–H and O–H groups in total. The summed E-state index contributed by atoms with van der Waals surface area (Å²) in [6, 6.07) is 14.0. The van der Waals surface area contributed by atoms with Crippen LogP contribution < -0.4 is 15.4 Å². The second-order valence-electron chi connectivity index (χ2n) is 5.80. The Bertz CT molecular complexity index is 748. The highest BCUT2D eigenvalue weighted by molar-refractivity contribution is 6.07. The molecular weight excluding hydrogens is 316 g/mol. The van der Waals surface area contributed by atoms with E-state index in [2.05, 4.69) is 10.6 Å². The number of rotatable bonds is 6. The van der Waals surface area contributed by atoms with Crippen molar-refractivity contribution in [3.8, 4) is 5.75 Å². The number of methoxy groups -OCH3 is 1. The number of carbonyl (C=O) groups excluding carboxylic acids is 2. The number of nitrogens with one attached hydrogen (secondary N) is 2. The number of ether oxygens (including phenoxy) is 1. The lowest BCUT2D eigenvalue weighted by Crippen LogP contribution is -2.34. The smallest absolute Gasteiger partial charge is 0.319 e. The summed E-state index contributed by atoms with van der Waals surface area (Å²) in [5.41, 5.74) is 2.10. The molecule has 130 valence electrons. The maximum Gasteiger partial charge on any atom is 0.319 e. The molecule has 0 aliphatic heterocycles. The molecular formula is C20H22N2O3. The first-order valence-electron chi connectivity index (χ1n) is 8.02. The lowest BCUT2D eigenvalue weighted by Gasteiger charge is -2.10. The van der Waals surface area contributed by atoms with Gasteiger partial charge >= 0.3 is 6.03 Å². The van der Waals surface area contributed by atoms with E-state index in [0.29, 0.717) is 11.3 Å². The summed E-state index contributed by atoms with van der Waals surface area (Å²) in [5.74, 6) is 0.669. The predicted octanol–water partition coefficient (Wildman–Crippen LogP) is 4.12. The van der Waals surface area contributed by atoms with Gasteiger partial charge in [-0.2, -0.15) is 0 Å². The van der Waals surface area contributed by atoms with Crippen LogP contribution >= 0.6 is 0 Å². The van der Waals surface area contributed by atoms with Crippen LogP contribution in [0.15, 0.2) is 54.6 Å². The second-order valence-corrected chi connectivity index (χ2v) is 5.80. The van der Waals surface area contributed by atoms with E-state index in [-0.39, 0.29) is 17.9 Å². The number of carbonyl (C=O) groups is 2. The van der Waals surface area contributed by atoms with Crippen molar-refractivity contribution in [2.75, 3.05) is 12.4 Å². The van der Waals surface area contributed by atoms with Crippen molar-refractivity contribution < 1.29 is 14.3 Å². The molecule has 5 heteroatoms. The summed E-state index contributed by atoms with van der Waals surface area (Å²) in [5, 5.41) is 5.45. The van der Waals surface area contributed by atoms with Gasteiger partial charge in [0, 0.05) is 17.3 Å². The number of ketones is 1. The van der Waals surface area contributed by atoms with Crippen LogP contribution in [0.5, 0.6) is 5.75 Å². The maximum atomic E-state index is 12.2. The van der Waals surface area contributed by atoms with Gasteiger partial charge in [-0.25, -0.2) is 4.79 Å². The Morgan fingerprint density at radius 3 is 2.20 bits per heavy atom. The molecule has 25 heavy (non-hydrogen) atoms. The van der Waals surface area contributed by atoms with Gasteiger partial charge in [-0.15, -0.1) is 0 Å². The zero-order chi connectivity index (χ0) is 18.2. The Labute approximate surface area is 147 Å². The molecule has 2 aromatic carbocycles. The number of hydrogen-bond acceptors (Lipinski definition) is 3. The van der Waals surface area contributed by atoms with Gasteiger partial charge in [0.25, 0.3) is 0 Å². The molecule has 0 aromatic heterocycles. The van der Waals surface area contributed by atoms with E-state index in [1.165, 1.54) is 6.08 Å². The number of allylic oxidation sites excluding steroid dienone is 1. The van der Waals surface area contributed by atoms with Gasteiger partial charge in [-0.3, -0.25) is 4.79 Å². The van der Waals surface area contributed by atoms with Crippen LogP contribution in [0.2, 0.25) is 0 Å². The molecule has 0 aliphatic carbocycles. The molecule has 0 atom stereocenters. The van der Waals surface area contributed by atoms with Gasteiger partial charge in [-0.1, -0.05) is 18.2 Å². The third-order valence-corrected chi connectivity index (χ3v) is 3.39. The van der Waals surface area contributed by atoms with Gasteiger partial charge in [0.05, 0.1) is 7.11 Å². The molecule has 0 fully saturated rings. The Morgan fingerprint density at radius 1 is 1.00 bits per heavy atom. The molecule has 0 aliphatic rings. The molecule has 2 amide bonds. The van der Waals surface area contributed by atoms with Crippen LogP contribution in [0.4, 0.5) is 10.5 Å². The third-order valence-electron chi connectivity index (χ3n) is 3.39. The lowest BCUT2D eigenvalue weighted by molar-refractivity contribution is 0.104. The lowest BCUT2D eigenvalue weighted by atomic mass is 10.1. The van der Waals surface area contributed by atoms with Gasteiger partial charge < -0.3 is 15.4 Å². The number of benzene rings is 2. The summed E-state index contributed by atoms with van der Waals surface area (Å²) in [6.07, 6.45) is 3.28. The Morgan fingerprint density at radius 2 is 1.64 bits per heavy atom. The SMILES string of the molecule is COc1ccc(C=CC(=O)c2ccc(NC(=O)NC(C)C)cc2)cc1. The molecule has 0 saturated heterocycles. The summed E-state index contributed by atoms with van der Waals surface area (Å²) in [6.45, 7) is 3.77. The summed E-state index contributed by atoms with van der Waals surface area (Å²) in [7, 11) is 1.61. The van der Waals surface area contributed by atoms with Crippen molar-refractivity contribution in [2.45, 2.75) is 19.9 Å². The first-order chi connectivity index (χ1) is 12.0. The minimum atomic E-state index is -0.270. The number of amides is 2. The van der Waals surface area contributed by atoms with E-state index in [9.17, 15) is 9.59 Å². The highest BCUT2D eigenvalue weighted by atomic mass is 16.5. The van der Waals surface area contributed by atoms with E-state index in [0.717, 1.165) is 11.3 Å². The fourth-order valence-corrected chi connectivity index (χ4v) is 2.13. The average Bonchev–Trinajstić information content (AvgIpc) is 2.60.